The second-order valence-corrected chi connectivity index (χ2v) is 7.49. The number of benzene rings is 1. The van der Waals surface area contributed by atoms with Crippen molar-refractivity contribution in [1.82, 2.24) is 0 Å². The van der Waals surface area contributed by atoms with Crippen molar-refractivity contribution < 1.29 is 19.2 Å². The fraction of sp³-hybridized carbons (Fsp3) is 0.560. The maximum Gasteiger partial charge on any atom is 0.371 e. The van der Waals surface area contributed by atoms with Gasteiger partial charge in [-0.1, -0.05) is 95.8 Å². The van der Waals surface area contributed by atoms with Crippen LogP contribution in [-0.4, -0.2) is 17.7 Å². The molecule has 0 aliphatic heterocycles. The molecule has 0 unspecified atom stereocenters. The average Bonchev–Trinajstić information content (AvgIpc) is 3.31. The minimum Gasteiger partial charge on any atom is -0.475 e. The number of para-hydroxylation sites is 1. The molecule has 5 heteroatoms. The van der Waals surface area contributed by atoms with E-state index in [-0.39, 0.29) is 5.76 Å². The zero-order chi connectivity index (χ0) is 21.7. The highest BCUT2D eigenvalue weighted by molar-refractivity contribution is 5.84. The number of rotatable bonds is 16. The van der Waals surface area contributed by atoms with Crippen LogP contribution in [-0.2, 0) is 4.84 Å². The van der Waals surface area contributed by atoms with E-state index in [1.54, 1.807) is 0 Å². The lowest BCUT2D eigenvalue weighted by Gasteiger charge is -2.06. The number of aromatic carboxylic acids is 1. The van der Waals surface area contributed by atoms with Gasteiger partial charge in [0.2, 0.25) is 5.76 Å². The van der Waals surface area contributed by atoms with E-state index in [1.165, 1.54) is 89.0 Å². The Morgan fingerprint density at radius 1 is 0.833 bits per heavy atom. The fourth-order valence-electron chi connectivity index (χ4n) is 3.06. The number of furan rings is 1. The molecule has 1 aromatic heterocycles. The highest BCUT2D eigenvalue weighted by Crippen LogP contribution is 2.12. The summed E-state index contributed by atoms with van der Waals surface area (Å²) in [4.78, 5) is 15.4. The van der Waals surface area contributed by atoms with Gasteiger partial charge in [-0.2, -0.15) is 0 Å². The van der Waals surface area contributed by atoms with E-state index in [4.69, 9.17) is 9.94 Å². The predicted molar refractivity (Wildman–Crippen MR) is 123 cm³/mol. The maximum atomic E-state index is 9.97. The van der Waals surface area contributed by atoms with Crippen molar-refractivity contribution in [3.05, 3.63) is 54.5 Å². The third-order valence-electron chi connectivity index (χ3n) is 4.80. The van der Waals surface area contributed by atoms with Gasteiger partial charge in [-0.25, -0.2) is 4.79 Å². The first-order valence-electron chi connectivity index (χ1n) is 11.4. The Kier molecular flexibility index (Phi) is 16.1. The smallest absolute Gasteiger partial charge is 0.371 e. The minimum absolute atomic E-state index is 0.0231. The van der Waals surface area contributed by atoms with Crippen molar-refractivity contribution in [2.24, 2.45) is 0 Å². The Balaban J connectivity index is 0.000000467. The van der Waals surface area contributed by atoms with Gasteiger partial charge in [0.25, 0.3) is 0 Å². The topological polar surface area (TPSA) is 71.7 Å². The zero-order valence-corrected chi connectivity index (χ0v) is 18.5. The molecule has 2 aromatic rings. The second kappa shape index (κ2) is 18.7. The van der Waals surface area contributed by atoms with Crippen LogP contribution in [0.15, 0.2) is 53.1 Å². The molecule has 0 saturated heterocycles. The summed E-state index contributed by atoms with van der Waals surface area (Å²) in [5.41, 5.74) is 4.01. The molecular formula is C25H39NO4. The molecule has 168 valence electrons. The Hall–Kier alpha value is -2.27. The molecule has 2 N–H and O–H groups in total. The lowest BCUT2D eigenvalue weighted by Crippen LogP contribution is -2.02. The number of anilines is 1. The van der Waals surface area contributed by atoms with Crippen molar-refractivity contribution in [3.8, 4) is 0 Å². The summed E-state index contributed by atoms with van der Waals surface area (Å²) in [6, 6.07) is 13.0. The molecule has 0 spiro atoms. The summed E-state index contributed by atoms with van der Waals surface area (Å²) in [6.07, 6.45) is 17.9. The number of carboxylic acids is 1. The third kappa shape index (κ3) is 14.7. The van der Waals surface area contributed by atoms with E-state index < -0.39 is 5.97 Å². The van der Waals surface area contributed by atoms with Gasteiger partial charge in [0, 0.05) is 0 Å². The summed E-state index contributed by atoms with van der Waals surface area (Å²) in [5.74, 6) is -1.06. The van der Waals surface area contributed by atoms with Crippen molar-refractivity contribution in [1.29, 1.82) is 0 Å². The monoisotopic (exact) mass is 417 g/mol. The SMILES string of the molecule is CCCCCCCCCCCCCCONc1ccccc1.O=C(O)c1ccco1. The lowest BCUT2D eigenvalue weighted by molar-refractivity contribution is 0.0662. The first-order valence-corrected chi connectivity index (χ1v) is 11.4. The van der Waals surface area contributed by atoms with E-state index in [1.807, 2.05) is 30.3 Å². The van der Waals surface area contributed by atoms with Crippen molar-refractivity contribution in [3.63, 3.8) is 0 Å². The van der Waals surface area contributed by atoms with E-state index in [0.29, 0.717) is 0 Å². The van der Waals surface area contributed by atoms with Gasteiger partial charge in [-0.3, -0.25) is 10.3 Å². The summed E-state index contributed by atoms with van der Waals surface area (Å²) >= 11 is 0. The summed E-state index contributed by atoms with van der Waals surface area (Å²) < 4.78 is 4.50. The fourth-order valence-corrected chi connectivity index (χ4v) is 3.06. The summed E-state index contributed by atoms with van der Waals surface area (Å²) in [7, 11) is 0. The van der Waals surface area contributed by atoms with Gasteiger partial charge in [0.1, 0.15) is 0 Å². The molecule has 5 nitrogen and oxygen atoms in total. The molecule has 0 fully saturated rings. The van der Waals surface area contributed by atoms with Gasteiger partial charge in [-0.15, -0.1) is 0 Å². The molecule has 2 rings (SSSR count). The van der Waals surface area contributed by atoms with Crippen LogP contribution in [0.3, 0.4) is 0 Å². The number of carboxylic acid groups (broad SMARTS) is 1. The zero-order valence-electron chi connectivity index (χ0n) is 18.5. The molecule has 0 aliphatic rings. The quantitative estimate of drug-likeness (QED) is 0.216. The Morgan fingerprint density at radius 2 is 1.40 bits per heavy atom. The molecule has 0 aliphatic carbocycles. The van der Waals surface area contributed by atoms with Crippen LogP contribution in [0, 0.1) is 0 Å². The molecule has 0 atom stereocenters. The molecule has 0 radical (unpaired) electrons. The predicted octanol–water partition coefficient (Wildman–Crippen LogP) is 7.71. The number of unbranched alkanes of at least 4 members (excludes halogenated alkanes) is 11. The van der Waals surface area contributed by atoms with Crippen LogP contribution in [0.5, 0.6) is 0 Å². The molecule has 1 heterocycles. The van der Waals surface area contributed by atoms with Crippen LogP contribution >= 0.6 is 0 Å². The van der Waals surface area contributed by atoms with Gasteiger partial charge in [0.15, 0.2) is 0 Å². The molecular weight excluding hydrogens is 378 g/mol. The highest BCUT2D eigenvalue weighted by Gasteiger charge is 2.01. The first-order chi connectivity index (χ1) is 14.7. The van der Waals surface area contributed by atoms with E-state index in [2.05, 4.69) is 16.8 Å². The van der Waals surface area contributed by atoms with Gasteiger partial charge in [-0.05, 0) is 30.7 Å². The van der Waals surface area contributed by atoms with Gasteiger partial charge < -0.3 is 9.52 Å². The van der Waals surface area contributed by atoms with E-state index in [9.17, 15) is 4.79 Å². The van der Waals surface area contributed by atoms with Crippen molar-refractivity contribution in [2.75, 3.05) is 12.1 Å². The van der Waals surface area contributed by atoms with E-state index >= 15 is 0 Å². The van der Waals surface area contributed by atoms with Crippen LogP contribution in [0.4, 0.5) is 5.69 Å². The van der Waals surface area contributed by atoms with Crippen LogP contribution in [0.2, 0.25) is 0 Å². The van der Waals surface area contributed by atoms with Gasteiger partial charge in [0.05, 0.1) is 18.6 Å². The molecule has 1 aromatic carbocycles. The normalized spacial score (nSPS) is 10.3. The third-order valence-corrected chi connectivity index (χ3v) is 4.80. The average molecular weight is 418 g/mol. The first kappa shape index (κ1) is 25.8. The van der Waals surface area contributed by atoms with Crippen LogP contribution < -0.4 is 5.48 Å². The maximum absolute atomic E-state index is 9.97. The molecule has 0 saturated carbocycles. The number of nitrogens with one attached hydrogen (secondary N) is 1. The molecule has 30 heavy (non-hydrogen) atoms. The Bertz CT molecular complexity index is 613. The number of hydrogen-bond acceptors (Lipinski definition) is 4. The summed E-state index contributed by atoms with van der Waals surface area (Å²) in [5, 5.41) is 8.18. The Labute approximate surface area is 181 Å². The minimum atomic E-state index is -1.03. The summed E-state index contributed by atoms with van der Waals surface area (Å²) in [6.45, 7) is 3.08. The number of carbonyl (C=O) groups is 1. The standard InChI is InChI=1S/C20H35NO.C5H4O3/c1-2-3-4-5-6-7-8-9-10-11-12-16-19-22-21-20-17-14-13-15-18-20;6-5(7)4-2-1-3-8-4/h13-15,17-18,21H,2-12,16,19H2,1H3;1-3H,(H,6,7). The largest absolute Gasteiger partial charge is 0.475 e. The Morgan fingerprint density at radius 3 is 1.87 bits per heavy atom. The van der Waals surface area contributed by atoms with Crippen molar-refractivity contribution in [2.45, 2.75) is 84.0 Å². The number of hydrogen-bond donors (Lipinski definition) is 2. The van der Waals surface area contributed by atoms with Crippen molar-refractivity contribution >= 4 is 11.7 Å². The molecule has 0 bridgehead atoms. The van der Waals surface area contributed by atoms with Crippen LogP contribution in [0.1, 0.15) is 94.5 Å². The van der Waals surface area contributed by atoms with Crippen LogP contribution in [0.25, 0.3) is 0 Å². The molecule has 0 amide bonds. The lowest BCUT2D eigenvalue weighted by atomic mass is 10.1. The van der Waals surface area contributed by atoms with Gasteiger partial charge >= 0.3 is 5.97 Å². The second-order valence-electron chi connectivity index (χ2n) is 7.49. The highest BCUT2D eigenvalue weighted by atomic mass is 16.6. The van der Waals surface area contributed by atoms with E-state index in [0.717, 1.165) is 18.7 Å².